The molecule has 1 heterocycles. The molecule has 0 spiro atoms. The van der Waals surface area contributed by atoms with Crippen LogP contribution in [0.1, 0.15) is 33.1 Å². The van der Waals surface area contributed by atoms with E-state index in [-0.39, 0.29) is 18.0 Å². The second-order valence-corrected chi connectivity index (χ2v) is 4.88. The van der Waals surface area contributed by atoms with Crippen LogP contribution in [0.5, 0.6) is 0 Å². The maximum Gasteiger partial charge on any atom is 0.333 e. The molecule has 0 N–H and O–H groups in total. The zero-order valence-corrected chi connectivity index (χ0v) is 9.62. The number of carbonyl (C=O) groups is 2. The third-order valence-corrected chi connectivity index (χ3v) is 3.43. The van der Waals surface area contributed by atoms with E-state index in [0.717, 1.165) is 6.42 Å². The molecular weight excluding hydrogens is 208 g/mol. The molecule has 3 atom stereocenters. The zero-order valence-electron chi connectivity index (χ0n) is 9.62. The number of rotatable bonds is 2. The van der Waals surface area contributed by atoms with Crippen LogP contribution in [0, 0.1) is 5.92 Å². The van der Waals surface area contributed by atoms with E-state index in [0.29, 0.717) is 18.4 Å². The zero-order chi connectivity index (χ0) is 11.9. The minimum absolute atomic E-state index is 0.00149. The molecule has 0 radical (unpaired) electrons. The van der Waals surface area contributed by atoms with Gasteiger partial charge in [-0.1, -0.05) is 6.58 Å². The fourth-order valence-electron chi connectivity index (χ4n) is 2.29. The fourth-order valence-corrected chi connectivity index (χ4v) is 2.29. The van der Waals surface area contributed by atoms with Gasteiger partial charge in [-0.15, -0.1) is 0 Å². The van der Waals surface area contributed by atoms with E-state index in [9.17, 15) is 9.59 Å². The Morgan fingerprint density at radius 1 is 1.62 bits per heavy atom. The Bertz CT molecular complexity index is 360. The highest BCUT2D eigenvalue weighted by Crippen LogP contribution is 2.42. The number of carbonyl (C=O) groups excluding carboxylic acids is 2. The van der Waals surface area contributed by atoms with Gasteiger partial charge in [0.1, 0.15) is 11.7 Å². The molecular formula is C12H16O4. The minimum Gasteiger partial charge on any atom is -0.458 e. The number of hydrogen-bond donors (Lipinski definition) is 0. The molecule has 1 saturated heterocycles. The van der Waals surface area contributed by atoms with Crippen molar-refractivity contribution in [1.29, 1.82) is 0 Å². The second kappa shape index (κ2) is 3.61. The first kappa shape index (κ1) is 11.2. The molecule has 0 aromatic rings. The van der Waals surface area contributed by atoms with Gasteiger partial charge < -0.3 is 9.47 Å². The molecule has 0 amide bonds. The number of ether oxygens (including phenoxy) is 2. The summed E-state index contributed by atoms with van der Waals surface area (Å²) in [4.78, 5) is 22.9. The average Bonchev–Trinajstić information content (AvgIpc) is 2.52. The minimum atomic E-state index is -0.682. The van der Waals surface area contributed by atoms with E-state index in [4.69, 9.17) is 9.47 Å². The van der Waals surface area contributed by atoms with E-state index < -0.39 is 11.6 Å². The Morgan fingerprint density at radius 2 is 2.31 bits per heavy atom. The SMILES string of the molecule is C=C(C)C(=O)OC1(C)CCC2CC1OC2=O. The summed E-state index contributed by atoms with van der Waals surface area (Å²) in [5.74, 6) is -0.564. The maximum atomic E-state index is 11.5. The Morgan fingerprint density at radius 3 is 2.94 bits per heavy atom. The van der Waals surface area contributed by atoms with Gasteiger partial charge in [0.05, 0.1) is 5.92 Å². The van der Waals surface area contributed by atoms with Crippen molar-refractivity contribution < 1.29 is 19.1 Å². The van der Waals surface area contributed by atoms with Gasteiger partial charge in [-0.3, -0.25) is 4.79 Å². The van der Waals surface area contributed by atoms with Crippen molar-refractivity contribution in [3.8, 4) is 0 Å². The summed E-state index contributed by atoms with van der Waals surface area (Å²) >= 11 is 0. The van der Waals surface area contributed by atoms with Gasteiger partial charge in [0.25, 0.3) is 0 Å². The molecule has 4 heteroatoms. The summed E-state index contributed by atoms with van der Waals surface area (Å²) in [6.07, 6.45) is 1.78. The van der Waals surface area contributed by atoms with Crippen LogP contribution in [-0.2, 0) is 19.1 Å². The highest BCUT2D eigenvalue weighted by molar-refractivity contribution is 5.87. The van der Waals surface area contributed by atoms with Crippen molar-refractivity contribution in [3.05, 3.63) is 12.2 Å². The molecule has 16 heavy (non-hydrogen) atoms. The van der Waals surface area contributed by atoms with Crippen LogP contribution in [0.25, 0.3) is 0 Å². The number of fused-ring (bicyclic) bond motifs is 2. The van der Waals surface area contributed by atoms with Crippen molar-refractivity contribution in [2.24, 2.45) is 5.92 Å². The molecule has 2 fully saturated rings. The average molecular weight is 224 g/mol. The van der Waals surface area contributed by atoms with Crippen molar-refractivity contribution in [1.82, 2.24) is 0 Å². The van der Waals surface area contributed by atoms with E-state index in [1.807, 2.05) is 6.92 Å². The summed E-state index contributed by atoms with van der Waals surface area (Å²) in [5, 5.41) is 0. The van der Waals surface area contributed by atoms with Crippen molar-refractivity contribution in [3.63, 3.8) is 0 Å². The summed E-state index contributed by atoms with van der Waals surface area (Å²) < 4.78 is 10.6. The van der Waals surface area contributed by atoms with Gasteiger partial charge >= 0.3 is 11.9 Å². The number of hydrogen-bond acceptors (Lipinski definition) is 4. The van der Waals surface area contributed by atoms with Gasteiger partial charge in [0.2, 0.25) is 0 Å². The van der Waals surface area contributed by atoms with E-state index >= 15 is 0 Å². The van der Waals surface area contributed by atoms with Gasteiger partial charge in [0, 0.05) is 12.0 Å². The van der Waals surface area contributed by atoms with E-state index in [1.165, 1.54) is 0 Å². The lowest BCUT2D eigenvalue weighted by atomic mass is 9.80. The lowest BCUT2D eigenvalue weighted by Gasteiger charge is -2.36. The second-order valence-electron chi connectivity index (χ2n) is 4.88. The van der Waals surface area contributed by atoms with Crippen molar-refractivity contribution in [2.75, 3.05) is 0 Å². The summed E-state index contributed by atoms with van der Waals surface area (Å²) in [6, 6.07) is 0. The quantitative estimate of drug-likeness (QED) is 0.528. The monoisotopic (exact) mass is 224 g/mol. The highest BCUT2D eigenvalue weighted by Gasteiger charge is 2.52. The van der Waals surface area contributed by atoms with E-state index in [1.54, 1.807) is 6.92 Å². The molecule has 4 nitrogen and oxygen atoms in total. The van der Waals surface area contributed by atoms with Crippen LogP contribution < -0.4 is 0 Å². The Balaban J connectivity index is 2.11. The lowest BCUT2D eigenvalue weighted by molar-refractivity contribution is -0.173. The largest absolute Gasteiger partial charge is 0.458 e. The van der Waals surface area contributed by atoms with Gasteiger partial charge in [-0.2, -0.15) is 0 Å². The predicted molar refractivity (Wildman–Crippen MR) is 56.5 cm³/mol. The maximum absolute atomic E-state index is 11.5. The van der Waals surface area contributed by atoms with Crippen molar-refractivity contribution >= 4 is 11.9 Å². The van der Waals surface area contributed by atoms with E-state index in [2.05, 4.69) is 6.58 Å². The fraction of sp³-hybridized carbons (Fsp3) is 0.667. The molecule has 2 aliphatic rings. The van der Waals surface area contributed by atoms with Crippen LogP contribution in [0.2, 0.25) is 0 Å². The summed E-state index contributed by atoms with van der Waals surface area (Å²) in [7, 11) is 0. The molecule has 0 aromatic carbocycles. The van der Waals surface area contributed by atoms with Crippen LogP contribution in [0.3, 0.4) is 0 Å². The molecule has 3 unspecified atom stereocenters. The van der Waals surface area contributed by atoms with Gasteiger partial charge in [0.15, 0.2) is 0 Å². The van der Waals surface area contributed by atoms with Crippen molar-refractivity contribution in [2.45, 2.75) is 44.8 Å². The van der Waals surface area contributed by atoms with Crippen LogP contribution in [0.4, 0.5) is 0 Å². The molecule has 1 aliphatic carbocycles. The standard InChI is InChI=1S/C12H16O4/c1-7(2)10(13)16-12(3)5-4-8-6-9(12)15-11(8)14/h8-9H,1,4-6H2,2-3H3. The highest BCUT2D eigenvalue weighted by atomic mass is 16.6. The van der Waals surface area contributed by atoms with Crippen LogP contribution in [-0.4, -0.2) is 23.6 Å². The molecule has 88 valence electrons. The molecule has 2 bridgehead atoms. The van der Waals surface area contributed by atoms with Gasteiger partial charge in [-0.05, 0) is 26.7 Å². The first-order valence-electron chi connectivity index (χ1n) is 5.52. The predicted octanol–water partition coefficient (Wildman–Crippen LogP) is 1.59. The molecule has 0 aromatic heterocycles. The normalized spacial score (nSPS) is 36.8. The Hall–Kier alpha value is -1.32. The lowest BCUT2D eigenvalue weighted by Crippen LogP contribution is -2.45. The molecule has 2 rings (SSSR count). The smallest absolute Gasteiger partial charge is 0.333 e. The third kappa shape index (κ3) is 1.72. The Labute approximate surface area is 94.6 Å². The van der Waals surface area contributed by atoms with Crippen LogP contribution >= 0.6 is 0 Å². The molecule has 1 aliphatic heterocycles. The van der Waals surface area contributed by atoms with Crippen LogP contribution in [0.15, 0.2) is 12.2 Å². The summed E-state index contributed by atoms with van der Waals surface area (Å²) in [6.45, 7) is 6.98. The third-order valence-electron chi connectivity index (χ3n) is 3.43. The summed E-state index contributed by atoms with van der Waals surface area (Å²) in [5.41, 5.74) is -0.314. The van der Waals surface area contributed by atoms with Gasteiger partial charge in [-0.25, -0.2) is 4.79 Å². The topological polar surface area (TPSA) is 52.6 Å². The first-order valence-corrected chi connectivity index (χ1v) is 5.52. The Kier molecular flexibility index (Phi) is 2.52. The molecule has 1 saturated carbocycles. The number of esters is 2. The first-order chi connectivity index (χ1) is 7.42.